The number of hydrogen-bond donors (Lipinski definition) is 0. The number of unbranched alkanes of at least 4 members (excludes halogenated alkanes) is 12. The van der Waals surface area contributed by atoms with Crippen LogP contribution < -0.4 is 0 Å². The molecule has 0 unspecified atom stereocenters. The third kappa shape index (κ3) is 13.7. The molecule has 16 rings (SSSR count). The molecule has 0 saturated heterocycles. The van der Waals surface area contributed by atoms with Crippen molar-refractivity contribution in [3.05, 3.63) is 353 Å². The number of carbonyl (C=O) groups excluding carboxylic acids is 2. The van der Waals surface area contributed by atoms with Crippen molar-refractivity contribution in [1.29, 1.82) is 21.0 Å². The highest BCUT2D eigenvalue weighted by Gasteiger charge is 2.54. The van der Waals surface area contributed by atoms with Crippen LogP contribution in [0.5, 0.6) is 0 Å². The van der Waals surface area contributed by atoms with Gasteiger partial charge in [-0.3, -0.25) is 9.59 Å². The summed E-state index contributed by atoms with van der Waals surface area (Å²) in [5.41, 5.74) is 21.0. The SMILES string of the molecule is CCCCCCc1ccc(C2(c3ccc(CCCCCC)cc3)c3cc(/C=C/C=C4\C(=O)c5cc6ccccc6cc5C4=C(C#N)C#N)ccc3-c3sc4c5c(sc4c32)-c2ccc(/C=C/C=C3\C(=O)c4cc6ccccc6cc4C3=C(C#N)C#N)cc2C5(c2ccc(CCCCCC)cc2)c2ccc(CCCCCC)cc2)cc1. The first kappa shape index (κ1) is 76.1. The van der Waals surface area contributed by atoms with Crippen LogP contribution in [0.3, 0.4) is 0 Å². The number of carbonyl (C=O) groups is 2. The molecule has 4 aliphatic carbocycles. The fourth-order valence-corrected chi connectivity index (χ4v) is 21.8. The van der Waals surface area contributed by atoms with E-state index in [0.717, 1.165) is 84.0 Å². The molecule has 4 aliphatic rings. The van der Waals surface area contributed by atoms with Crippen LogP contribution in [-0.4, -0.2) is 11.6 Å². The predicted molar refractivity (Wildman–Crippen MR) is 473 cm³/mol. The van der Waals surface area contributed by atoms with Crippen molar-refractivity contribution >= 4 is 88.5 Å². The summed E-state index contributed by atoms with van der Waals surface area (Å²) in [6, 6.07) is 84.3. The van der Waals surface area contributed by atoms with Crippen molar-refractivity contribution < 1.29 is 9.59 Å². The van der Waals surface area contributed by atoms with Crippen LogP contribution in [0.2, 0.25) is 0 Å². The Balaban J connectivity index is 0.916. The molecule has 6 nitrogen and oxygen atoms in total. The van der Waals surface area contributed by atoms with E-state index in [1.807, 2.05) is 108 Å². The number of rotatable bonds is 28. The van der Waals surface area contributed by atoms with Gasteiger partial charge >= 0.3 is 0 Å². The van der Waals surface area contributed by atoms with Crippen LogP contribution in [0.25, 0.3) is 75.1 Å². The average Bonchev–Trinajstić information content (AvgIpc) is 1.49. The molecule has 8 heteroatoms. The van der Waals surface area contributed by atoms with E-state index in [2.05, 4.69) is 198 Å². The van der Waals surface area contributed by atoms with Crippen molar-refractivity contribution in [2.24, 2.45) is 0 Å². The summed E-state index contributed by atoms with van der Waals surface area (Å²) in [5.74, 6) is -0.431. The third-order valence-electron chi connectivity index (χ3n) is 24.4. The molecule has 0 atom stereocenters. The van der Waals surface area contributed by atoms with Gasteiger partial charge in [0.15, 0.2) is 11.6 Å². The zero-order valence-corrected chi connectivity index (χ0v) is 67.3. The van der Waals surface area contributed by atoms with Crippen molar-refractivity contribution in [3.8, 4) is 45.2 Å². The van der Waals surface area contributed by atoms with Crippen molar-refractivity contribution in [2.45, 2.75) is 167 Å². The highest BCUT2D eigenvalue weighted by Crippen LogP contribution is 2.69. The lowest BCUT2D eigenvalue weighted by molar-refractivity contribution is 0.103. The second-order valence-electron chi connectivity index (χ2n) is 31.4. The van der Waals surface area contributed by atoms with E-state index in [0.29, 0.717) is 44.5 Å². The van der Waals surface area contributed by atoms with E-state index in [4.69, 9.17) is 0 Å². The Morgan fingerprint density at radius 3 is 0.930 bits per heavy atom. The largest absolute Gasteiger partial charge is 0.289 e. The minimum Gasteiger partial charge on any atom is -0.289 e. The quantitative estimate of drug-likeness (QED) is 0.0273. The highest BCUT2D eigenvalue weighted by atomic mass is 32.1. The molecular weight excluding hydrogens is 1430 g/mol. The Morgan fingerprint density at radius 1 is 0.342 bits per heavy atom. The minimum absolute atomic E-state index is 0.0956. The van der Waals surface area contributed by atoms with Crippen molar-refractivity contribution in [1.82, 2.24) is 0 Å². The van der Waals surface area contributed by atoms with Crippen molar-refractivity contribution in [2.75, 3.05) is 0 Å². The predicted octanol–water partition coefficient (Wildman–Crippen LogP) is 27.8. The summed E-state index contributed by atoms with van der Waals surface area (Å²) in [6.45, 7) is 9.09. The Labute approximate surface area is 679 Å². The maximum atomic E-state index is 14.7. The standard InChI is InChI=1S/C106H92N4O2S2/c1-5-9-13-17-27-69-39-49-81(50-40-69)105(82-51-41-70(42-52-82)28-18-14-10-6-2)93-59-73(31-25-37-87-95(79(65-107)66-108)89-61-75-33-21-23-35-77(75)63-91(89)99(87)111)47-57-85(93)101-97(105)103-104(113-101)98-102(114-103)86-58-48-74(32-26-38-88-96(80(67-109)68-110)90-62-76-34-22-24-36-78(76)64-92(90)100(88)112)60-94(86)106(98,83-53-43-71(44-54-83)29-19-15-11-7-3)84-55-45-72(46-56-84)30-20-16-12-8-4/h21-26,31-64H,5-20,27-30H2,1-4H3/b31-25+,32-26+,87-37-,88-38-. The number of Topliss-reactive ketones (excluding diaryl/α,β-unsaturated/α-hetero) is 2. The molecule has 0 saturated carbocycles. The molecule has 0 fully saturated rings. The number of nitriles is 4. The first-order valence-corrected chi connectivity index (χ1v) is 43.0. The van der Waals surface area contributed by atoms with Gasteiger partial charge < -0.3 is 0 Å². The third-order valence-corrected chi connectivity index (χ3v) is 27.0. The number of ketones is 2. The van der Waals surface area contributed by atoms with Gasteiger partial charge in [0.05, 0.1) is 20.2 Å². The summed E-state index contributed by atoms with van der Waals surface area (Å²) in [7, 11) is 0. The van der Waals surface area contributed by atoms with Crippen LogP contribution in [0, 0.1) is 45.3 Å². The number of aryl methyl sites for hydroxylation is 4. The molecule has 12 aromatic rings. The average molecular weight is 1520 g/mol. The van der Waals surface area contributed by atoms with Gasteiger partial charge in [0, 0.05) is 54.3 Å². The summed E-state index contributed by atoms with van der Waals surface area (Å²) in [6.07, 6.45) is 34.4. The first-order chi connectivity index (χ1) is 56.0. The lowest BCUT2D eigenvalue weighted by Crippen LogP contribution is -2.29. The van der Waals surface area contributed by atoms with Gasteiger partial charge in [-0.2, -0.15) is 21.0 Å². The van der Waals surface area contributed by atoms with E-state index in [-0.39, 0.29) is 22.7 Å². The van der Waals surface area contributed by atoms with Gasteiger partial charge in [-0.05, 0) is 198 Å². The highest BCUT2D eigenvalue weighted by molar-refractivity contribution is 7.32. The fourth-order valence-electron chi connectivity index (χ4n) is 18.6. The molecular formula is C106H92N4O2S2. The second-order valence-corrected chi connectivity index (χ2v) is 33.4. The molecule has 0 spiro atoms. The maximum Gasteiger partial charge on any atom is 0.194 e. The van der Waals surface area contributed by atoms with E-state index < -0.39 is 10.8 Å². The van der Waals surface area contributed by atoms with Gasteiger partial charge in [0.1, 0.15) is 35.4 Å². The molecule has 2 aromatic heterocycles. The summed E-state index contributed by atoms with van der Waals surface area (Å²) < 4.78 is 2.53. The van der Waals surface area contributed by atoms with Crippen LogP contribution in [0.4, 0.5) is 0 Å². The smallest absolute Gasteiger partial charge is 0.194 e. The molecule has 2 heterocycles. The Hall–Kier alpha value is -11.9. The molecule has 0 aliphatic heterocycles. The first-order valence-electron chi connectivity index (χ1n) is 41.3. The van der Waals surface area contributed by atoms with E-state index >= 15 is 0 Å². The van der Waals surface area contributed by atoms with E-state index in [1.165, 1.54) is 174 Å². The minimum atomic E-state index is -0.819. The zero-order chi connectivity index (χ0) is 78.5. The van der Waals surface area contributed by atoms with Gasteiger partial charge in [-0.1, -0.05) is 311 Å². The number of thiophene rings is 2. The summed E-state index contributed by atoms with van der Waals surface area (Å²) in [4.78, 5) is 31.8. The van der Waals surface area contributed by atoms with Crippen LogP contribution in [0.1, 0.15) is 240 Å². The number of fused-ring (bicyclic) bond motifs is 13. The van der Waals surface area contributed by atoms with Gasteiger partial charge in [0.2, 0.25) is 0 Å². The molecule has 0 radical (unpaired) electrons. The normalized spacial score (nSPS) is 14.7. The van der Waals surface area contributed by atoms with Crippen LogP contribution >= 0.6 is 22.7 Å². The topological polar surface area (TPSA) is 129 Å². The number of benzene rings is 10. The van der Waals surface area contributed by atoms with Crippen LogP contribution in [0.15, 0.2) is 253 Å². The van der Waals surface area contributed by atoms with Gasteiger partial charge in [-0.15, -0.1) is 22.7 Å². The Morgan fingerprint density at radius 2 is 0.640 bits per heavy atom. The van der Waals surface area contributed by atoms with Gasteiger partial charge in [-0.25, -0.2) is 0 Å². The molecule has 0 amide bonds. The summed E-state index contributed by atoms with van der Waals surface area (Å²) in [5, 5.41) is 45.5. The number of allylic oxidation sites excluding steroid dienone is 10. The van der Waals surface area contributed by atoms with E-state index in [1.54, 1.807) is 12.2 Å². The Kier molecular flexibility index (Phi) is 22.3. The second kappa shape index (κ2) is 33.4. The van der Waals surface area contributed by atoms with Gasteiger partial charge in [0.25, 0.3) is 0 Å². The van der Waals surface area contributed by atoms with Crippen LogP contribution in [-0.2, 0) is 36.5 Å². The number of hydrogen-bond acceptors (Lipinski definition) is 8. The van der Waals surface area contributed by atoms with E-state index in [9.17, 15) is 30.6 Å². The zero-order valence-electron chi connectivity index (χ0n) is 65.7. The number of nitrogens with zero attached hydrogens (tertiary/aromatic N) is 4. The Bertz CT molecular complexity index is 5650. The monoisotopic (exact) mass is 1520 g/mol. The van der Waals surface area contributed by atoms with Crippen molar-refractivity contribution in [3.63, 3.8) is 0 Å². The lowest BCUT2D eigenvalue weighted by Gasteiger charge is -2.35. The molecule has 114 heavy (non-hydrogen) atoms. The lowest BCUT2D eigenvalue weighted by atomic mass is 9.66. The molecule has 10 aromatic carbocycles. The molecule has 560 valence electrons. The fraction of sp³-hybridized carbons (Fsp3) is 0.245. The molecule has 0 bridgehead atoms. The maximum absolute atomic E-state index is 14.7. The summed E-state index contributed by atoms with van der Waals surface area (Å²) >= 11 is 3.86. The molecule has 0 N–H and O–H groups in total.